The maximum atomic E-state index is 12.2. The molecule has 0 aliphatic heterocycles. The number of hydrogen-bond donors (Lipinski definition) is 0. The summed E-state index contributed by atoms with van der Waals surface area (Å²) in [6.07, 6.45) is 0.804. The topological polar surface area (TPSA) is 54.7 Å². The zero-order valence-electron chi connectivity index (χ0n) is 11.8. The standard InChI is InChI=1S/C14H13N3O2S2/c1-8-12(13(19)16(2)3)21-14-15-11(9(7-18)17(8)14)10-5-4-6-20-10/h4-7H,1-3H3. The second-order valence-corrected chi connectivity index (χ2v) is 6.70. The lowest BCUT2D eigenvalue weighted by molar-refractivity contribution is 0.0831. The Morgan fingerprint density at radius 3 is 2.76 bits per heavy atom. The van der Waals surface area contributed by atoms with Gasteiger partial charge in [0.05, 0.1) is 4.88 Å². The number of aldehydes is 1. The molecule has 0 aliphatic rings. The van der Waals surface area contributed by atoms with Crippen LogP contribution in [0.15, 0.2) is 17.5 Å². The Kier molecular flexibility index (Phi) is 3.38. The van der Waals surface area contributed by atoms with E-state index in [0.29, 0.717) is 21.2 Å². The molecule has 0 atom stereocenters. The van der Waals surface area contributed by atoms with Crippen LogP contribution in [-0.2, 0) is 0 Å². The minimum absolute atomic E-state index is 0.0717. The molecule has 3 aromatic rings. The van der Waals surface area contributed by atoms with Crippen LogP contribution in [0.25, 0.3) is 15.5 Å². The maximum Gasteiger partial charge on any atom is 0.265 e. The zero-order chi connectivity index (χ0) is 15.1. The number of carbonyl (C=O) groups excluding carboxylic acids is 2. The van der Waals surface area contributed by atoms with E-state index in [4.69, 9.17) is 0 Å². The monoisotopic (exact) mass is 319 g/mol. The van der Waals surface area contributed by atoms with Crippen LogP contribution in [-0.4, -0.2) is 40.6 Å². The van der Waals surface area contributed by atoms with Crippen LogP contribution in [0, 0.1) is 6.92 Å². The third-order valence-electron chi connectivity index (χ3n) is 3.21. The van der Waals surface area contributed by atoms with Gasteiger partial charge in [-0.25, -0.2) is 4.98 Å². The minimum atomic E-state index is -0.0717. The summed E-state index contributed by atoms with van der Waals surface area (Å²) >= 11 is 2.85. The molecule has 0 bridgehead atoms. The third kappa shape index (κ3) is 2.09. The molecule has 0 aliphatic carbocycles. The van der Waals surface area contributed by atoms with Crippen molar-refractivity contribution in [1.82, 2.24) is 14.3 Å². The fourth-order valence-electron chi connectivity index (χ4n) is 2.18. The first-order chi connectivity index (χ1) is 10.0. The molecule has 3 rings (SSSR count). The minimum Gasteiger partial charge on any atom is -0.344 e. The van der Waals surface area contributed by atoms with Crippen molar-refractivity contribution < 1.29 is 9.59 Å². The van der Waals surface area contributed by atoms with Gasteiger partial charge in [0, 0.05) is 19.8 Å². The van der Waals surface area contributed by atoms with Crippen LogP contribution in [0.1, 0.15) is 25.9 Å². The Labute approximate surface area is 129 Å². The van der Waals surface area contributed by atoms with Crippen molar-refractivity contribution in [3.8, 4) is 10.6 Å². The van der Waals surface area contributed by atoms with Gasteiger partial charge < -0.3 is 4.90 Å². The second-order valence-electron chi connectivity index (χ2n) is 4.77. The Balaban J connectivity index is 2.25. The second kappa shape index (κ2) is 5.09. The lowest BCUT2D eigenvalue weighted by Gasteiger charge is -2.08. The number of aryl methyl sites for hydroxylation is 1. The van der Waals surface area contributed by atoms with E-state index in [0.717, 1.165) is 16.9 Å². The molecule has 108 valence electrons. The highest BCUT2D eigenvalue weighted by Crippen LogP contribution is 2.32. The van der Waals surface area contributed by atoms with E-state index in [1.807, 2.05) is 24.4 Å². The van der Waals surface area contributed by atoms with Gasteiger partial charge in [0.2, 0.25) is 0 Å². The van der Waals surface area contributed by atoms with Crippen LogP contribution >= 0.6 is 22.7 Å². The molecule has 5 nitrogen and oxygen atoms in total. The van der Waals surface area contributed by atoms with E-state index in [1.54, 1.807) is 29.8 Å². The van der Waals surface area contributed by atoms with Gasteiger partial charge in [-0.3, -0.25) is 14.0 Å². The number of aromatic nitrogens is 2. The smallest absolute Gasteiger partial charge is 0.265 e. The van der Waals surface area contributed by atoms with Crippen molar-refractivity contribution in [3.05, 3.63) is 33.8 Å². The van der Waals surface area contributed by atoms with Crippen molar-refractivity contribution in [2.45, 2.75) is 6.92 Å². The van der Waals surface area contributed by atoms with Crippen molar-refractivity contribution in [3.63, 3.8) is 0 Å². The maximum absolute atomic E-state index is 12.2. The predicted molar refractivity (Wildman–Crippen MR) is 84.5 cm³/mol. The van der Waals surface area contributed by atoms with Crippen molar-refractivity contribution in [2.24, 2.45) is 0 Å². The highest BCUT2D eigenvalue weighted by molar-refractivity contribution is 7.19. The first kappa shape index (κ1) is 14.0. The Hall–Kier alpha value is -1.99. The molecular formula is C14H13N3O2S2. The number of thiazole rings is 1. The molecule has 0 radical (unpaired) electrons. The Morgan fingerprint density at radius 1 is 1.43 bits per heavy atom. The lowest BCUT2D eigenvalue weighted by atomic mass is 10.3. The number of rotatable bonds is 3. The number of imidazole rings is 1. The summed E-state index contributed by atoms with van der Waals surface area (Å²) in [6, 6.07) is 3.86. The molecule has 21 heavy (non-hydrogen) atoms. The van der Waals surface area contributed by atoms with E-state index >= 15 is 0 Å². The average Bonchev–Trinajstić information content (AvgIpc) is 3.14. The highest BCUT2D eigenvalue weighted by atomic mass is 32.1. The van der Waals surface area contributed by atoms with Gasteiger partial charge >= 0.3 is 0 Å². The first-order valence-electron chi connectivity index (χ1n) is 6.27. The molecule has 1 amide bonds. The van der Waals surface area contributed by atoms with Gasteiger partial charge in [-0.1, -0.05) is 17.4 Å². The highest BCUT2D eigenvalue weighted by Gasteiger charge is 2.23. The quantitative estimate of drug-likeness (QED) is 0.698. The number of carbonyl (C=O) groups is 2. The molecule has 0 spiro atoms. The fraction of sp³-hybridized carbons (Fsp3) is 0.214. The predicted octanol–water partition coefficient (Wildman–Crippen LogP) is 2.95. The van der Waals surface area contributed by atoms with Gasteiger partial charge in [0.1, 0.15) is 16.3 Å². The molecule has 0 N–H and O–H groups in total. The van der Waals surface area contributed by atoms with E-state index in [9.17, 15) is 9.59 Å². The number of hydrogen-bond acceptors (Lipinski definition) is 5. The first-order valence-corrected chi connectivity index (χ1v) is 7.96. The molecular weight excluding hydrogens is 306 g/mol. The molecule has 7 heteroatoms. The summed E-state index contributed by atoms with van der Waals surface area (Å²) in [5.41, 5.74) is 1.93. The van der Waals surface area contributed by atoms with Gasteiger partial charge in [0.15, 0.2) is 11.2 Å². The van der Waals surface area contributed by atoms with Gasteiger partial charge in [-0.05, 0) is 18.4 Å². The van der Waals surface area contributed by atoms with Gasteiger partial charge in [0.25, 0.3) is 5.91 Å². The van der Waals surface area contributed by atoms with Crippen LogP contribution < -0.4 is 0 Å². The summed E-state index contributed by atoms with van der Waals surface area (Å²) in [5, 5.41) is 1.95. The molecule has 0 saturated carbocycles. The largest absolute Gasteiger partial charge is 0.344 e. The van der Waals surface area contributed by atoms with Gasteiger partial charge in [-0.15, -0.1) is 11.3 Å². The van der Waals surface area contributed by atoms with Crippen molar-refractivity contribution in [1.29, 1.82) is 0 Å². The molecule has 0 saturated heterocycles. The van der Waals surface area contributed by atoms with Crippen LogP contribution in [0.2, 0.25) is 0 Å². The van der Waals surface area contributed by atoms with E-state index in [2.05, 4.69) is 4.98 Å². The van der Waals surface area contributed by atoms with Crippen molar-refractivity contribution >= 4 is 39.8 Å². The number of fused-ring (bicyclic) bond motifs is 1. The summed E-state index contributed by atoms with van der Waals surface area (Å²) in [6.45, 7) is 1.84. The molecule has 3 heterocycles. The van der Waals surface area contributed by atoms with Crippen molar-refractivity contribution in [2.75, 3.05) is 14.1 Å². The van der Waals surface area contributed by atoms with Gasteiger partial charge in [-0.2, -0.15) is 0 Å². The van der Waals surface area contributed by atoms with E-state index < -0.39 is 0 Å². The van der Waals surface area contributed by atoms with Crippen LogP contribution in [0.3, 0.4) is 0 Å². The fourth-order valence-corrected chi connectivity index (χ4v) is 4.05. The Bertz CT molecular complexity index is 828. The number of thiophene rings is 1. The molecule has 0 aromatic carbocycles. The molecule has 3 aromatic heterocycles. The van der Waals surface area contributed by atoms with Crippen LogP contribution in [0.4, 0.5) is 0 Å². The zero-order valence-corrected chi connectivity index (χ0v) is 13.4. The number of nitrogens with zero attached hydrogens (tertiary/aromatic N) is 3. The number of amides is 1. The summed E-state index contributed by atoms with van der Waals surface area (Å²) in [5.74, 6) is -0.0717. The molecule has 0 unspecified atom stereocenters. The SMILES string of the molecule is Cc1c(C(=O)N(C)C)sc2nc(-c3cccs3)c(C=O)n12. The normalized spacial score (nSPS) is 11.0. The summed E-state index contributed by atoms with van der Waals surface area (Å²) in [4.78, 5) is 32.0. The van der Waals surface area contributed by atoms with E-state index in [1.165, 1.54) is 16.2 Å². The van der Waals surface area contributed by atoms with E-state index in [-0.39, 0.29) is 5.91 Å². The summed E-state index contributed by atoms with van der Waals surface area (Å²) in [7, 11) is 3.42. The van der Waals surface area contributed by atoms with Crippen LogP contribution in [0.5, 0.6) is 0 Å². The average molecular weight is 319 g/mol. The lowest BCUT2D eigenvalue weighted by Crippen LogP contribution is -2.21. The molecule has 0 fully saturated rings. The Morgan fingerprint density at radius 2 is 2.19 bits per heavy atom. The third-order valence-corrected chi connectivity index (χ3v) is 5.21. The summed E-state index contributed by atoms with van der Waals surface area (Å²) < 4.78 is 1.77.